The Morgan fingerprint density at radius 2 is 0.566 bits per heavy atom. The summed E-state index contributed by atoms with van der Waals surface area (Å²) in [5, 5.41) is 0. The molecule has 3 nitrogen and oxygen atoms in total. The lowest BCUT2D eigenvalue weighted by Crippen LogP contribution is -2.61. The molecule has 2 aliphatic heterocycles. The van der Waals surface area contributed by atoms with Gasteiger partial charge in [0.05, 0.1) is 5.69 Å². The molecule has 0 saturated heterocycles. The maximum Gasteiger partial charge on any atom is 0.252 e. The largest absolute Gasteiger partial charge is 0.311 e. The Bertz CT molecular complexity index is 3160. The summed E-state index contributed by atoms with van der Waals surface area (Å²) in [5.74, 6) is 0. The fourth-order valence-electron chi connectivity index (χ4n) is 11.6. The number of fused-ring (bicyclic) bond motifs is 4. The van der Waals surface area contributed by atoms with Gasteiger partial charge in [0, 0.05) is 45.5 Å². The lowest BCUT2D eigenvalue weighted by atomic mass is 9.33. The highest BCUT2D eigenvalue weighted by molar-refractivity contribution is 7.00. The standard InChI is InChI=1S/C72H90BN3/c1-43-29-47(5)62(31-45(43)3)75-60-27-25-49(67(7,8)9)39-58(60)73-59-40-50(68(10,11)12)26-28-61(59)76(63-32-46(4)44(2)30-48(63)6)65-42-57(41-64(75)66(65)73)74(55-35-51(69(13,14)15)33-52(36-55)70(16,17)18)56-37-53(71(19,20)21)34-54(38-56)72(22,23)24/h25-42H,1-24H3. The van der Waals surface area contributed by atoms with Gasteiger partial charge in [0.25, 0.3) is 6.71 Å². The van der Waals surface area contributed by atoms with Crippen molar-refractivity contribution in [3.63, 3.8) is 0 Å². The van der Waals surface area contributed by atoms with E-state index in [0.717, 1.165) is 5.69 Å². The Kier molecular flexibility index (Phi) is 13.2. The van der Waals surface area contributed by atoms with E-state index in [4.69, 9.17) is 0 Å². The molecule has 0 spiro atoms. The summed E-state index contributed by atoms with van der Waals surface area (Å²) in [6, 6.07) is 44.6. The predicted molar refractivity (Wildman–Crippen MR) is 336 cm³/mol. The number of benzene rings is 7. The van der Waals surface area contributed by atoms with E-state index in [-0.39, 0.29) is 39.2 Å². The van der Waals surface area contributed by atoms with Crippen molar-refractivity contribution in [2.24, 2.45) is 0 Å². The van der Waals surface area contributed by atoms with Gasteiger partial charge in [-0.15, -0.1) is 0 Å². The molecule has 4 heteroatoms. The minimum atomic E-state index is -0.0962. The first-order valence-electron chi connectivity index (χ1n) is 28.3. The Labute approximate surface area is 461 Å². The third-order valence-corrected chi connectivity index (χ3v) is 17.0. The van der Waals surface area contributed by atoms with Crippen LogP contribution in [-0.2, 0) is 32.5 Å². The lowest BCUT2D eigenvalue weighted by Gasteiger charge is -2.46. The molecule has 396 valence electrons. The topological polar surface area (TPSA) is 9.72 Å². The van der Waals surface area contributed by atoms with Gasteiger partial charge in [0.2, 0.25) is 0 Å². The van der Waals surface area contributed by atoms with Crippen LogP contribution in [0.5, 0.6) is 0 Å². The van der Waals surface area contributed by atoms with Crippen LogP contribution in [0.2, 0.25) is 0 Å². The van der Waals surface area contributed by atoms with Crippen molar-refractivity contribution in [2.75, 3.05) is 14.7 Å². The number of anilines is 9. The molecule has 2 heterocycles. The number of hydrogen-bond acceptors (Lipinski definition) is 3. The number of rotatable bonds is 5. The second-order valence-electron chi connectivity index (χ2n) is 29.4. The first-order chi connectivity index (χ1) is 34.9. The van der Waals surface area contributed by atoms with E-state index in [2.05, 4.69) is 290 Å². The van der Waals surface area contributed by atoms with Crippen molar-refractivity contribution >= 4 is 74.3 Å². The van der Waals surface area contributed by atoms with Gasteiger partial charge in [0.15, 0.2) is 0 Å². The lowest BCUT2D eigenvalue weighted by molar-refractivity contribution is 0.568. The minimum Gasteiger partial charge on any atom is -0.311 e. The molecule has 0 atom stereocenters. The molecular weight excluding hydrogens is 918 g/mol. The second-order valence-corrected chi connectivity index (χ2v) is 29.4. The first-order valence-corrected chi connectivity index (χ1v) is 28.3. The molecule has 0 aromatic heterocycles. The van der Waals surface area contributed by atoms with Crippen LogP contribution < -0.4 is 31.1 Å². The fraction of sp³-hybridized carbons (Fsp3) is 0.417. The second kappa shape index (κ2) is 18.3. The smallest absolute Gasteiger partial charge is 0.252 e. The Morgan fingerprint density at radius 1 is 0.276 bits per heavy atom. The molecule has 0 fully saturated rings. The van der Waals surface area contributed by atoms with Crippen molar-refractivity contribution in [3.05, 3.63) is 176 Å². The zero-order chi connectivity index (χ0) is 55.9. The van der Waals surface area contributed by atoms with Gasteiger partial charge in [-0.05, 0) is 218 Å². The average molecular weight is 1010 g/mol. The van der Waals surface area contributed by atoms with Crippen molar-refractivity contribution < 1.29 is 0 Å². The van der Waals surface area contributed by atoms with E-state index in [1.54, 1.807) is 0 Å². The summed E-state index contributed by atoms with van der Waals surface area (Å²) in [5.41, 5.74) is 30.1. The zero-order valence-corrected chi connectivity index (χ0v) is 51.3. The third-order valence-electron chi connectivity index (χ3n) is 17.0. The van der Waals surface area contributed by atoms with Crippen LogP contribution in [0.4, 0.5) is 51.2 Å². The Balaban J connectivity index is 1.54. The molecular formula is C72H90BN3. The van der Waals surface area contributed by atoms with Crippen LogP contribution in [0, 0.1) is 41.5 Å². The molecule has 0 radical (unpaired) electrons. The van der Waals surface area contributed by atoms with Crippen molar-refractivity contribution in [2.45, 2.75) is 199 Å². The van der Waals surface area contributed by atoms with Gasteiger partial charge in [-0.1, -0.05) is 173 Å². The van der Waals surface area contributed by atoms with E-state index >= 15 is 0 Å². The monoisotopic (exact) mass is 1010 g/mol. The SMILES string of the molecule is Cc1cc(C)c(N2c3ccc(C(C)(C)C)cc3B3c4cc(C(C)(C)C)ccc4N(c4cc(C)c(C)cc4C)c4cc(N(c5cc(C(C)(C)C)cc(C(C)(C)C)c5)c5cc(C(C)(C)C)cc(C(C)(C)C)c5)cc2c43)cc1C. The Hall–Kier alpha value is -6.00. The Morgan fingerprint density at radius 3 is 0.868 bits per heavy atom. The molecule has 0 N–H and O–H groups in total. The van der Waals surface area contributed by atoms with Gasteiger partial charge in [0.1, 0.15) is 0 Å². The fourth-order valence-corrected chi connectivity index (χ4v) is 11.6. The van der Waals surface area contributed by atoms with Crippen molar-refractivity contribution in [1.29, 1.82) is 0 Å². The molecule has 7 aromatic carbocycles. The highest BCUT2D eigenvalue weighted by Gasteiger charge is 2.46. The highest BCUT2D eigenvalue weighted by Crippen LogP contribution is 2.51. The third kappa shape index (κ3) is 9.86. The molecule has 0 unspecified atom stereocenters. The summed E-state index contributed by atoms with van der Waals surface area (Å²) in [7, 11) is 0. The molecule has 7 aromatic rings. The summed E-state index contributed by atoms with van der Waals surface area (Å²) < 4.78 is 0. The van der Waals surface area contributed by atoms with Crippen LogP contribution in [0.3, 0.4) is 0 Å². The maximum absolute atomic E-state index is 2.66. The first kappa shape index (κ1) is 54.8. The number of nitrogens with zero attached hydrogens (tertiary/aromatic N) is 3. The summed E-state index contributed by atoms with van der Waals surface area (Å²) >= 11 is 0. The van der Waals surface area contributed by atoms with Crippen LogP contribution >= 0.6 is 0 Å². The van der Waals surface area contributed by atoms with Crippen LogP contribution in [-0.4, -0.2) is 6.71 Å². The molecule has 0 aliphatic carbocycles. The van der Waals surface area contributed by atoms with Crippen LogP contribution in [0.15, 0.2) is 109 Å². The number of aryl methyl sites for hydroxylation is 6. The number of hydrogen-bond donors (Lipinski definition) is 0. The minimum absolute atomic E-state index is 0.0401. The normalized spacial score (nSPS) is 14.0. The van der Waals surface area contributed by atoms with E-state index in [9.17, 15) is 0 Å². The van der Waals surface area contributed by atoms with Gasteiger partial charge >= 0.3 is 0 Å². The molecule has 76 heavy (non-hydrogen) atoms. The van der Waals surface area contributed by atoms with Gasteiger partial charge in [-0.3, -0.25) is 0 Å². The maximum atomic E-state index is 2.66. The average Bonchev–Trinajstić information content (AvgIpc) is 3.30. The van der Waals surface area contributed by atoms with E-state index in [1.165, 1.54) is 129 Å². The van der Waals surface area contributed by atoms with E-state index < -0.39 is 0 Å². The van der Waals surface area contributed by atoms with Crippen molar-refractivity contribution in [3.8, 4) is 0 Å². The molecule has 0 amide bonds. The van der Waals surface area contributed by atoms with Crippen LogP contribution in [0.25, 0.3) is 0 Å². The summed E-state index contributed by atoms with van der Waals surface area (Å²) in [6.07, 6.45) is 0. The zero-order valence-electron chi connectivity index (χ0n) is 51.3. The quantitative estimate of drug-likeness (QED) is 0.159. The van der Waals surface area contributed by atoms with E-state index in [1.807, 2.05) is 0 Å². The highest BCUT2D eigenvalue weighted by atomic mass is 15.2. The molecule has 9 rings (SSSR count). The van der Waals surface area contributed by atoms with Crippen LogP contribution in [0.1, 0.15) is 191 Å². The van der Waals surface area contributed by atoms with E-state index in [0.29, 0.717) is 0 Å². The molecule has 2 aliphatic rings. The van der Waals surface area contributed by atoms with Gasteiger partial charge in [-0.2, -0.15) is 0 Å². The molecule has 0 bridgehead atoms. The van der Waals surface area contributed by atoms with Crippen molar-refractivity contribution in [1.82, 2.24) is 0 Å². The summed E-state index contributed by atoms with van der Waals surface area (Å²) in [6.45, 7) is 56.2. The summed E-state index contributed by atoms with van der Waals surface area (Å²) in [4.78, 5) is 7.94. The predicted octanol–water partition coefficient (Wildman–Crippen LogP) is 18.9. The van der Waals surface area contributed by atoms with Gasteiger partial charge < -0.3 is 14.7 Å². The van der Waals surface area contributed by atoms with Gasteiger partial charge in [-0.25, -0.2) is 0 Å². The molecule has 0 saturated carbocycles.